The molecule has 1 unspecified atom stereocenters. The standard InChI is InChI=1S/C15H25N3O2S/c1-4-7-16-9-12-5-6-14(17-10-12)21(19,20)18-11-13-8-15(13,2)3/h5-6,10,13,16,18H,4,7-9,11H2,1-3H3. The van der Waals surface area contributed by atoms with Gasteiger partial charge in [0.25, 0.3) is 10.0 Å². The minimum Gasteiger partial charge on any atom is -0.313 e. The van der Waals surface area contributed by atoms with Crippen LogP contribution in [0.2, 0.25) is 0 Å². The van der Waals surface area contributed by atoms with E-state index in [4.69, 9.17) is 0 Å². The van der Waals surface area contributed by atoms with E-state index in [-0.39, 0.29) is 10.4 Å². The van der Waals surface area contributed by atoms with Crippen LogP contribution in [0.4, 0.5) is 0 Å². The summed E-state index contributed by atoms with van der Waals surface area (Å²) >= 11 is 0. The Morgan fingerprint density at radius 3 is 2.62 bits per heavy atom. The zero-order chi connectivity index (χ0) is 15.5. The molecule has 1 heterocycles. The van der Waals surface area contributed by atoms with Gasteiger partial charge in [-0.15, -0.1) is 0 Å². The van der Waals surface area contributed by atoms with E-state index >= 15 is 0 Å². The molecule has 0 aliphatic heterocycles. The molecule has 0 aromatic carbocycles. The number of sulfonamides is 1. The fourth-order valence-corrected chi connectivity index (χ4v) is 3.30. The van der Waals surface area contributed by atoms with E-state index in [2.05, 4.69) is 35.8 Å². The summed E-state index contributed by atoms with van der Waals surface area (Å²) in [5.41, 5.74) is 1.26. The summed E-state index contributed by atoms with van der Waals surface area (Å²) in [6, 6.07) is 3.38. The minimum atomic E-state index is -3.49. The van der Waals surface area contributed by atoms with Crippen LogP contribution < -0.4 is 10.0 Å². The Bertz CT molecular complexity index is 567. The fourth-order valence-electron chi connectivity index (χ4n) is 2.29. The van der Waals surface area contributed by atoms with E-state index in [0.29, 0.717) is 19.0 Å². The van der Waals surface area contributed by atoms with Gasteiger partial charge in [-0.05, 0) is 42.3 Å². The first-order valence-electron chi connectivity index (χ1n) is 7.50. The molecule has 21 heavy (non-hydrogen) atoms. The van der Waals surface area contributed by atoms with Crippen LogP contribution in [0.25, 0.3) is 0 Å². The smallest absolute Gasteiger partial charge is 0.258 e. The number of pyridine rings is 1. The first kappa shape index (κ1) is 16.4. The molecule has 1 aliphatic rings. The Hall–Kier alpha value is -0.980. The molecule has 0 amide bonds. The summed E-state index contributed by atoms with van der Waals surface area (Å²) in [7, 11) is -3.49. The predicted octanol–water partition coefficient (Wildman–Crippen LogP) is 1.91. The summed E-state index contributed by atoms with van der Waals surface area (Å²) in [5.74, 6) is 0.435. The monoisotopic (exact) mass is 311 g/mol. The van der Waals surface area contributed by atoms with Crippen molar-refractivity contribution in [3.63, 3.8) is 0 Å². The first-order valence-corrected chi connectivity index (χ1v) is 8.99. The third-order valence-electron chi connectivity index (χ3n) is 4.07. The Balaban J connectivity index is 1.90. The molecular weight excluding hydrogens is 286 g/mol. The lowest BCUT2D eigenvalue weighted by atomic mass is 10.1. The SMILES string of the molecule is CCCNCc1ccc(S(=O)(=O)NCC2CC2(C)C)nc1. The number of rotatable bonds is 8. The highest BCUT2D eigenvalue weighted by Gasteiger charge is 2.45. The van der Waals surface area contributed by atoms with Gasteiger partial charge in [-0.2, -0.15) is 0 Å². The van der Waals surface area contributed by atoms with E-state index in [1.807, 2.05) is 6.07 Å². The lowest BCUT2D eigenvalue weighted by Crippen LogP contribution is -2.27. The molecule has 1 fully saturated rings. The van der Waals surface area contributed by atoms with Crippen LogP contribution in [0.5, 0.6) is 0 Å². The molecule has 1 saturated carbocycles. The normalized spacial score (nSPS) is 20.4. The number of hydrogen-bond acceptors (Lipinski definition) is 4. The number of nitrogens with one attached hydrogen (secondary N) is 2. The first-order chi connectivity index (χ1) is 9.85. The lowest BCUT2D eigenvalue weighted by Gasteiger charge is -2.08. The van der Waals surface area contributed by atoms with Gasteiger partial charge >= 0.3 is 0 Å². The molecule has 5 nitrogen and oxygen atoms in total. The van der Waals surface area contributed by atoms with Gasteiger partial charge in [-0.1, -0.05) is 26.8 Å². The van der Waals surface area contributed by atoms with Crippen molar-refractivity contribution in [1.82, 2.24) is 15.0 Å². The largest absolute Gasteiger partial charge is 0.313 e. The molecule has 0 spiro atoms. The van der Waals surface area contributed by atoms with Crippen LogP contribution in [0.15, 0.2) is 23.4 Å². The number of hydrogen-bond donors (Lipinski definition) is 2. The lowest BCUT2D eigenvalue weighted by molar-refractivity contribution is 0.536. The highest BCUT2D eigenvalue weighted by atomic mass is 32.2. The Kier molecular flexibility index (Phi) is 5.01. The van der Waals surface area contributed by atoms with Gasteiger partial charge in [0.1, 0.15) is 0 Å². The second-order valence-electron chi connectivity index (χ2n) is 6.42. The van der Waals surface area contributed by atoms with E-state index in [1.165, 1.54) is 0 Å². The minimum absolute atomic E-state index is 0.0974. The van der Waals surface area contributed by atoms with Crippen LogP contribution in [0.1, 0.15) is 39.2 Å². The number of nitrogens with zero attached hydrogens (tertiary/aromatic N) is 1. The molecule has 6 heteroatoms. The van der Waals surface area contributed by atoms with Gasteiger partial charge in [0, 0.05) is 19.3 Å². The van der Waals surface area contributed by atoms with Crippen LogP contribution in [-0.2, 0) is 16.6 Å². The Morgan fingerprint density at radius 2 is 2.10 bits per heavy atom. The van der Waals surface area contributed by atoms with Gasteiger partial charge in [0.15, 0.2) is 5.03 Å². The maximum absolute atomic E-state index is 12.2. The quantitative estimate of drug-likeness (QED) is 0.719. The van der Waals surface area contributed by atoms with Crippen LogP contribution in [-0.4, -0.2) is 26.5 Å². The average Bonchev–Trinajstić information content (AvgIpc) is 3.05. The summed E-state index contributed by atoms with van der Waals surface area (Å²) in [6.45, 7) is 8.57. The molecule has 0 bridgehead atoms. The second-order valence-corrected chi connectivity index (χ2v) is 8.14. The van der Waals surface area contributed by atoms with Crippen molar-refractivity contribution in [1.29, 1.82) is 0 Å². The zero-order valence-electron chi connectivity index (χ0n) is 13.0. The van der Waals surface area contributed by atoms with E-state index in [0.717, 1.165) is 24.9 Å². The topological polar surface area (TPSA) is 71.1 Å². The maximum atomic E-state index is 12.2. The summed E-state index contributed by atoms with van der Waals surface area (Å²) in [6.07, 6.45) is 3.77. The van der Waals surface area contributed by atoms with Crippen molar-refractivity contribution in [2.24, 2.45) is 11.3 Å². The molecule has 0 saturated heterocycles. The van der Waals surface area contributed by atoms with Crippen molar-refractivity contribution >= 4 is 10.0 Å². The second kappa shape index (κ2) is 6.42. The van der Waals surface area contributed by atoms with Crippen molar-refractivity contribution in [3.05, 3.63) is 23.9 Å². The van der Waals surface area contributed by atoms with Crippen LogP contribution in [0, 0.1) is 11.3 Å². The summed E-state index contributed by atoms with van der Waals surface area (Å²) in [5, 5.41) is 3.36. The highest BCUT2D eigenvalue weighted by Crippen LogP contribution is 2.51. The fraction of sp³-hybridized carbons (Fsp3) is 0.667. The van der Waals surface area contributed by atoms with Gasteiger partial charge in [0.05, 0.1) is 0 Å². The Morgan fingerprint density at radius 1 is 1.38 bits per heavy atom. The van der Waals surface area contributed by atoms with Crippen molar-refractivity contribution in [2.75, 3.05) is 13.1 Å². The summed E-state index contributed by atoms with van der Waals surface area (Å²) < 4.78 is 27.0. The van der Waals surface area contributed by atoms with Gasteiger partial charge in [-0.3, -0.25) is 0 Å². The van der Waals surface area contributed by atoms with Gasteiger partial charge < -0.3 is 5.32 Å². The van der Waals surface area contributed by atoms with E-state index in [9.17, 15) is 8.42 Å². The zero-order valence-corrected chi connectivity index (χ0v) is 13.8. The van der Waals surface area contributed by atoms with E-state index < -0.39 is 10.0 Å². The third kappa shape index (κ3) is 4.49. The molecule has 0 radical (unpaired) electrons. The molecule has 1 aliphatic carbocycles. The molecular formula is C15H25N3O2S. The average molecular weight is 311 g/mol. The molecule has 2 rings (SSSR count). The molecule has 1 atom stereocenters. The Labute approximate surface area is 127 Å². The molecule has 118 valence electrons. The van der Waals surface area contributed by atoms with Crippen LogP contribution in [0.3, 0.4) is 0 Å². The van der Waals surface area contributed by atoms with Crippen molar-refractivity contribution in [3.8, 4) is 0 Å². The van der Waals surface area contributed by atoms with Crippen molar-refractivity contribution in [2.45, 2.75) is 45.2 Å². The maximum Gasteiger partial charge on any atom is 0.258 e. The molecule has 2 N–H and O–H groups in total. The molecule has 1 aromatic rings. The van der Waals surface area contributed by atoms with Gasteiger partial charge in [-0.25, -0.2) is 18.1 Å². The predicted molar refractivity (Wildman–Crippen MR) is 83.3 cm³/mol. The summed E-state index contributed by atoms with van der Waals surface area (Å²) in [4.78, 5) is 4.07. The van der Waals surface area contributed by atoms with Crippen LogP contribution >= 0.6 is 0 Å². The molecule has 1 aromatic heterocycles. The third-order valence-corrected chi connectivity index (χ3v) is 5.40. The van der Waals surface area contributed by atoms with E-state index in [1.54, 1.807) is 12.3 Å². The number of aromatic nitrogens is 1. The van der Waals surface area contributed by atoms with Gasteiger partial charge in [0.2, 0.25) is 0 Å². The van der Waals surface area contributed by atoms with Crippen molar-refractivity contribution < 1.29 is 8.42 Å². The highest BCUT2D eigenvalue weighted by molar-refractivity contribution is 7.89.